The second-order valence-electron chi connectivity index (χ2n) is 4.87. The summed E-state index contributed by atoms with van der Waals surface area (Å²) in [5.41, 5.74) is -0.165. The molecule has 0 saturated heterocycles. The zero-order valence-electron chi connectivity index (χ0n) is 9.91. The van der Waals surface area contributed by atoms with E-state index in [1.807, 2.05) is 0 Å². The molecule has 0 bridgehead atoms. The Labute approximate surface area is 98.1 Å². The quantitative estimate of drug-likeness (QED) is 0.763. The Kier molecular flexibility index (Phi) is 2.69. The first kappa shape index (κ1) is 11.7. The molecule has 5 heteroatoms. The molecule has 0 aliphatic rings. The van der Waals surface area contributed by atoms with Gasteiger partial charge >= 0.3 is 0 Å². The van der Waals surface area contributed by atoms with Gasteiger partial charge in [0.05, 0.1) is 5.69 Å². The van der Waals surface area contributed by atoms with E-state index in [2.05, 4.69) is 10.1 Å². The minimum Gasteiger partial charge on any atom is -0.223 e. The Bertz CT molecular complexity index is 504. The van der Waals surface area contributed by atoms with E-state index in [9.17, 15) is 8.78 Å². The van der Waals surface area contributed by atoms with Crippen molar-refractivity contribution < 1.29 is 8.78 Å². The molecule has 3 nitrogen and oxygen atoms in total. The van der Waals surface area contributed by atoms with E-state index in [-0.39, 0.29) is 5.56 Å². The topological polar surface area (TPSA) is 30.7 Å². The zero-order valence-corrected chi connectivity index (χ0v) is 9.91. The molecule has 17 heavy (non-hydrogen) atoms. The van der Waals surface area contributed by atoms with Gasteiger partial charge in [0, 0.05) is 17.7 Å². The summed E-state index contributed by atoms with van der Waals surface area (Å²) in [7, 11) is 0. The molecular formula is C12H13F2N3. The van der Waals surface area contributed by atoms with Gasteiger partial charge in [-0.2, -0.15) is 5.10 Å². The normalized spacial score (nSPS) is 11.8. The van der Waals surface area contributed by atoms with Gasteiger partial charge in [0.15, 0.2) is 0 Å². The molecule has 1 aromatic carbocycles. The highest BCUT2D eigenvalue weighted by molar-refractivity contribution is 5.38. The highest BCUT2D eigenvalue weighted by Gasteiger charge is 2.24. The first-order valence-corrected chi connectivity index (χ1v) is 5.24. The molecule has 2 aromatic rings. The third-order valence-corrected chi connectivity index (χ3v) is 2.46. The number of rotatable bonds is 1. The molecule has 1 heterocycles. The Morgan fingerprint density at radius 1 is 1.12 bits per heavy atom. The average Bonchev–Trinajstić information content (AvgIpc) is 2.66. The Balaban J connectivity index is 2.57. The summed E-state index contributed by atoms with van der Waals surface area (Å²) in [5, 5.41) is 3.83. The molecule has 0 saturated carbocycles. The van der Waals surface area contributed by atoms with Crippen LogP contribution in [0.1, 0.15) is 26.3 Å². The van der Waals surface area contributed by atoms with Crippen LogP contribution in [-0.4, -0.2) is 14.8 Å². The van der Waals surface area contributed by atoms with Crippen molar-refractivity contribution in [3.05, 3.63) is 42.0 Å². The fourth-order valence-electron chi connectivity index (χ4n) is 1.75. The van der Waals surface area contributed by atoms with Crippen LogP contribution in [0.2, 0.25) is 0 Å². The third-order valence-electron chi connectivity index (χ3n) is 2.46. The van der Waals surface area contributed by atoms with Crippen LogP contribution >= 0.6 is 0 Å². The minimum atomic E-state index is -0.574. The van der Waals surface area contributed by atoms with Gasteiger partial charge < -0.3 is 0 Å². The summed E-state index contributed by atoms with van der Waals surface area (Å²) in [6.07, 6.45) is 2.71. The van der Waals surface area contributed by atoms with Crippen LogP contribution in [-0.2, 0) is 5.41 Å². The maximum Gasteiger partial charge on any atom is 0.138 e. The van der Waals surface area contributed by atoms with Crippen LogP contribution in [0.15, 0.2) is 24.8 Å². The summed E-state index contributed by atoms with van der Waals surface area (Å²) in [6, 6.07) is 2.52. The zero-order chi connectivity index (χ0) is 12.6. The Hall–Kier alpha value is -1.78. The first-order valence-electron chi connectivity index (χ1n) is 5.24. The highest BCUT2D eigenvalue weighted by Crippen LogP contribution is 2.29. The molecule has 2 rings (SSSR count). The van der Waals surface area contributed by atoms with Crippen molar-refractivity contribution in [2.75, 3.05) is 0 Å². The van der Waals surface area contributed by atoms with Gasteiger partial charge in [-0.05, 0) is 5.41 Å². The van der Waals surface area contributed by atoms with E-state index < -0.39 is 17.0 Å². The van der Waals surface area contributed by atoms with E-state index in [0.717, 1.165) is 0 Å². The van der Waals surface area contributed by atoms with Crippen LogP contribution in [0.3, 0.4) is 0 Å². The van der Waals surface area contributed by atoms with Crippen LogP contribution in [0, 0.1) is 11.6 Å². The molecule has 0 atom stereocenters. The van der Waals surface area contributed by atoms with Crippen LogP contribution < -0.4 is 0 Å². The smallest absolute Gasteiger partial charge is 0.138 e. The number of benzene rings is 1. The summed E-state index contributed by atoms with van der Waals surface area (Å²) in [5.74, 6) is -1.13. The lowest BCUT2D eigenvalue weighted by molar-refractivity contribution is 0.474. The second kappa shape index (κ2) is 3.91. The Morgan fingerprint density at radius 3 is 2.12 bits per heavy atom. The molecule has 0 aliphatic heterocycles. The number of hydrogen-bond donors (Lipinski definition) is 0. The van der Waals surface area contributed by atoms with Crippen molar-refractivity contribution in [3.63, 3.8) is 0 Å². The van der Waals surface area contributed by atoms with Crippen molar-refractivity contribution in [1.29, 1.82) is 0 Å². The van der Waals surface area contributed by atoms with Gasteiger partial charge in [-0.3, -0.25) is 0 Å². The maximum atomic E-state index is 13.9. The lowest BCUT2D eigenvalue weighted by Crippen LogP contribution is -2.17. The fourth-order valence-corrected chi connectivity index (χ4v) is 1.75. The predicted octanol–water partition coefficient (Wildman–Crippen LogP) is 2.84. The van der Waals surface area contributed by atoms with Gasteiger partial charge in [0.1, 0.15) is 24.3 Å². The number of hydrogen-bond acceptors (Lipinski definition) is 2. The van der Waals surface area contributed by atoms with Gasteiger partial charge in [0.2, 0.25) is 0 Å². The first-order chi connectivity index (χ1) is 7.89. The Morgan fingerprint density at radius 2 is 1.71 bits per heavy atom. The molecule has 0 spiro atoms. The fraction of sp³-hybridized carbons (Fsp3) is 0.333. The molecule has 0 radical (unpaired) electrons. The average molecular weight is 237 g/mol. The molecule has 0 N–H and O–H groups in total. The summed E-state index contributed by atoms with van der Waals surface area (Å²) in [6.45, 7) is 5.30. The predicted molar refractivity (Wildman–Crippen MR) is 60.0 cm³/mol. The largest absolute Gasteiger partial charge is 0.223 e. The number of halogens is 2. The third kappa shape index (κ3) is 2.18. The minimum absolute atomic E-state index is 0.0846. The van der Waals surface area contributed by atoms with Crippen molar-refractivity contribution in [3.8, 4) is 5.69 Å². The van der Waals surface area contributed by atoms with Crippen LogP contribution in [0.25, 0.3) is 5.69 Å². The highest BCUT2D eigenvalue weighted by atomic mass is 19.1. The summed E-state index contributed by atoms with van der Waals surface area (Å²) in [4.78, 5) is 3.74. The van der Waals surface area contributed by atoms with Gasteiger partial charge in [-0.25, -0.2) is 18.4 Å². The second-order valence-corrected chi connectivity index (χ2v) is 4.87. The maximum absolute atomic E-state index is 13.9. The molecule has 0 aliphatic carbocycles. The number of aromatic nitrogens is 3. The molecule has 1 aromatic heterocycles. The summed E-state index contributed by atoms with van der Waals surface area (Å²) >= 11 is 0. The standard InChI is InChI=1S/C12H13F2N3/c1-12(2,3)11-9(13)4-8(5-10(11)14)17-7-15-6-16-17/h4-7H,1-3H3. The van der Waals surface area contributed by atoms with Crippen molar-refractivity contribution in [2.45, 2.75) is 26.2 Å². The molecular weight excluding hydrogens is 224 g/mol. The lowest BCUT2D eigenvalue weighted by Gasteiger charge is -2.21. The van der Waals surface area contributed by atoms with Gasteiger partial charge in [-0.15, -0.1) is 0 Å². The van der Waals surface area contributed by atoms with E-state index >= 15 is 0 Å². The van der Waals surface area contributed by atoms with E-state index in [0.29, 0.717) is 5.69 Å². The van der Waals surface area contributed by atoms with Crippen molar-refractivity contribution in [1.82, 2.24) is 14.8 Å². The van der Waals surface area contributed by atoms with Gasteiger partial charge in [-0.1, -0.05) is 20.8 Å². The van der Waals surface area contributed by atoms with Crippen molar-refractivity contribution in [2.24, 2.45) is 0 Å². The monoisotopic (exact) mass is 237 g/mol. The summed E-state index contributed by atoms with van der Waals surface area (Å²) < 4.78 is 29.1. The van der Waals surface area contributed by atoms with Crippen LogP contribution in [0.5, 0.6) is 0 Å². The molecule has 0 fully saturated rings. The van der Waals surface area contributed by atoms with E-state index in [4.69, 9.17) is 0 Å². The SMILES string of the molecule is CC(C)(C)c1c(F)cc(-n2cncn2)cc1F. The van der Waals surface area contributed by atoms with Crippen molar-refractivity contribution >= 4 is 0 Å². The van der Waals surface area contributed by atoms with E-state index in [1.54, 1.807) is 20.8 Å². The van der Waals surface area contributed by atoms with Gasteiger partial charge in [0.25, 0.3) is 0 Å². The molecule has 90 valence electrons. The van der Waals surface area contributed by atoms with Crippen LogP contribution in [0.4, 0.5) is 8.78 Å². The lowest BCUT2D eigenvalue weighted by atomic mass is 9.86. The molecule has 0 amide bonds. The number of nitrogens with zero attached hydrogens (tertiary/aromatic N) is 3. The molecule has 0 unspecified atom stereocenters. The van der Waals surface area contributed by atoms with E-state index in [1.165, 1.54) is 29.5 Å².